The Morgan fingerprint density at radius 2 is 2.20 bits per heavy atom. The molecule has 1 saturated carbocycles. The van der Waals surface area contributed by atoms with E-state index in [1.54, 1.807) is 10.7 Å². The van der Waals surface area contributed by atoms with Crippen molar-refractivity contribution in [3.05, 3.63) is 42.0 Å². The van der Waals surface area contributed by atoms with Crippen molar-refractivity contribution in [3.8, 4) is 0 Å². The van der Waals surface area contributed by atoms with Gasteiger partial charge in [0.05, 0.1) is 18.8 Å². The summed E-state index contributed by atoms with van der Waals surface area (Å²) in [5.41, 5.74) is 1.85. The Hall–Kier alpha value is -2.77. The SMILES string of the molecule is Cc1cc(C)n2nc(CC(=O)NC3CCCC3n3ccnc3)nc2n1. The summed E-state index contributed by atoms with van der Waals surface area (Å²) in [4.78, 5) is 25.3. The highest BCUT2D eigenvalue weighted by Gasteiger charge is 2.29. The quantitative estimate of drug-likeness (QED) is 0.776. The van der Waals surface area contributed by atoms with E-state index in [9.17, 15) is 4.79 Å². The summed E-state index contributed by atoms with van der Waals surface area (Å²) >= 11 is 0. The van der Waals surface area contributed by atoms with E-state index in [1.165, 1.54) is 0 Å². The Kier molecular flexibility index (Phi) is 3.95. The van der Waals surface area contributed by atoms with Crippen LogP contribution < -0.4 is 5.32 Å². The third kappa shape index (κ3) is 3.11. The van der Waals surface area contributed by atoms with Crippen molar-refractivity contribution in [2.45, 2.75) is 51.6 Å². The number of aryl methyl sites for hydroxylation is 2. The average molecular weight is 339 g/mol. The van der Waals surface area contributed by atoms with Gasteiger partial charge in [0.25, 0.3) is 5.78 Å². The Balaban J connectivity index is 1.46. The number of nitrogens with zero attached hydrogens (tertiary/aromatic N) is 6. The van der Waals surface area contributed by atoms with Gasteiger partial charge in [0, 0.05) is 29.8 Å². The Bertz CT molecular complexity index is 899. The summed E-state index contributed by atoms with van der Waals surface area (Å²) in [5.74, 6) is 0.982. The lowest BCUT2D eigenvalue weighted by Crippen LogP contribution is -2.39. The Labute approximate surface area is 145 Å². The number of fused-ring (bicyclic) bond motifs is 1. The maximum absolute atomic E-state index is 12.5. The number of nitrogens with one attached hydrogen (secondary N) is 1. The zero-order valence-corrected chi connectivity index (χ0v) is 14.4. The number of imidazole rings is 1. The van der Waals surface area contributed by atoms with Crippen molar-refractivity contribution in [3.63, 3.8) is 0 Å². The largest absolute Gasteiger partial charge is 0.351 e. The van der Waals surface area contributed by atoms with Gasteiger partial charge in [-0.05, 0) is 39.2 Å². The Morgan fingerprint density at radius 3 is 3.00 bits per heavy atom. The minimum atomic E-state index is -0.0534. The first-order valence-corrected chi connectivity index (χ1v) is 8.57. The summed E-state index contributed by atoms with van der Waals surface area (Å²) in [7, 11) is 0. The van der Waals surface area contributed by atoms with Gasteiger partial charge in [-0.3, -0.25) is 4.79 Å². The van der Waals surface area contributed by atoms with E-state index < -0.39 is 0 Å². The third-order valence-electron chi connectivity index (χ3n) is 4.71. The van der Waals surface area contributed by atoms with Gasteiger partial charge in [0.1, 0.15) is 0 Å². The lowest BCUT2D eigenvalue weighted by Gasteiger charge is -2.21. The lowest BCUT2D eigenvalue weighted by molar-refractivity contribution is -0.121. The van der Waals surface area contributed by atoms with Gasteiger partial charge in [-0.15, -0.1) is 5.10 Å². The first-order valence-electron chi connectivity index (χ1n) is 8.57. The van der Waals surface area contributed by atoms with Crippen LogP contribution in [-0.2, 0) is 11.2 Å². The third-order valence-corrected chi connectivity index (χ3v) is 4.71. The molecule has 0 saturated heterocycles. The molecular formula is C17H21N7O. The van der Waals surface area contributed by atoms with Gasteiger partial charge in [-0.2, -0.15) is 4.98 Å². The monoisotopic (exact) mass is 339 g/mol. The van der Waals surface area contributed by atoms with Gasteiger partial charge in [0.15, 0.2) is 5.82 Å². The van der Waals surface area contributed by atoms with Crippen molar-refractivity contribution in [1.82, 2.24) is 34.4 Å². The van der Waals surface area contributed by atoms with E-state index in [0.717, 1.165) is 30.7 Å². The molecule has 4 rings (SSSR count). The molecule has 0 bridgehead atoms. The van der Waals surface area contributed by atoms with E-state index in [1.807, 2.05) is 32.4 Å². The van der Waals surface area contributed by atoms with Crippen molar-refractivity contribution < 1.29 is 4.79 Å². The highest BCUT2D eigenvalue weighted by atomic mass is 16.1. The standard InChI is InChI=1S/C17H21N7O/c1-11-8-12(2)24-17(19-11)21-15(22-24)9-16(25)20-13-4-3-5-14(13)23-7-6-18-10-23/h6-8,10,13-14H,3-5,9H2,1-2H3,(H,20,25). The van der Waals surface area contributed by atoms with Gasteiger partial charge in [-0.25, -0.2) is 14.5 Å². The number of carbonyl (C=O) groups excluding carboxylic acids is 1. The van der Waals surface area contributed by atoms with E-state index in [4.69, 9.17) is 0 Å². The maximum Gasteiger partial charge on any atom is 0.252 e. The van der Waals surface area contributed by atoms with Crippen LogP contribution in [0.5, 0.6) is 0 Å². The summed E-state index contributed by atoms with van der Waals surface area (Å²) < 4.78 is 3.76. The molecule has 1 amide bonds. The van der Waals surface area contributed by atoms with Gasteiger partial charge in [0.2, 0.25) is 5.91 Å². The van der Waals surface area contributed by atoms with E-state index in [0.29, 0.717) is 11.6 Å². The number of amides is 1. The first kappa shape index (κ1) is 15.7. The summed E-state index contributed by atoms with van der Waals surface area (Å²) in [6, 6.07) is 2.34. The number of carbonyl (C=O) groups is 1. The molecule has 2 unspecified atom stereocenters. The van der Waals surface area contributed by atoms with Crippen LogP contribution in [-0.4, -0.2) is 41.1 Å². The maximum atomic E-state index is 12.5. The van der Waals surface area contributed by atoms with Gasteiger partial charge < -0.3 is 9.88 Å². The first-order chi connectivity index (χ1) is 12.1. The topological polar surface area (TPSA) is 90.0 Å². The number of hydrogen-bond acceptors (Lipinski definition) is 5. The number of hydrogen-bond donors (Lipinski definition) is 1. The molecule has 1 fully saturated rings. The molecule has 8 nitrogen and oxygen atoms in total. The predicted molar refractivity (Wildman–Crippen MR) is 91.0 cm³/mol. The van der Waals surface area contributed by atoms with Crippen LogP contribution in [0.15, 0.2) is 24.8 Å². The van der Waals surface area contributed by atoms with Crippen LogP contribution >= 0.6 is 0 Å². The van der Waals surface area contributed by atoms with E-state index in [-0.39, 0.29) is 24.4 Å². The van der Waals surface area contributed by atoms with Crippen LogP contribution in [0.3, 0.4) is 0 Å². The van der Waals surface area contributed by atoms with Crippen LogP contribution in [0.25, 0.3) is 5.78 Å². The molecule has 8 heteroatoms. The zero-order chi connectivity index (χ0) is 17.4. The lowest BCUT2D eigenvalue weighted by atomic mass is 10.1. The second kappa shape index (κ2) is 6.27. The second-order valence-electron chi connectivity index (χ2n) is 6.64. The number of aromatic nitrogens is 6. The number of rotatable bonds is 4. The highest BCUT2D eigenvalue weighted by molar-refractivity contribution is 5.78. The van der Waals surface area contributed by atoms with Gasteiger partial charge >= 0.3 is 0 Å². The predicted octanol–water partition coefficient (Wildman–Crippen LogP) is 1.39. The molecule has 0 spiro atoms. The molecule has 0 radical (unpaired) electrons. The normalized spacial score (nSPS) is 20.2. The molecule has 2 atom stereocenters. The molecule has 3 aromatic heterocycles. The molecule has 3 heterocycles. The summed E-state index contributed by atoms with van der Waals surface area (Å²) in [6.45, 7) is 3.87. The van der Waals surface area contributed by atoms with Crippen molar-refractivity contribution in [1.29, 1.82) is 0 Å². The fraction of sp³-hybridized carbons (Fsp3) is 0.471. The molecule has 3 aromatic rings. The van der Waals surface area contributed by atoms with Gasteiger partial charge in [-0.1, -0.05) is 0 Å². The average Bonchev–Trinajstić information content (AvgIpc) is 3.26. The molecule has 1 aliphatic rings. The summed E-state index contributed by atoms with van der Waals surface area (Å²) in [5, 5.41) is 7.54. The zero-order valence-electron chi connectivity index (χ0n) is 14.4. The van der Waals surface area contributed by atoms with Crippen molar-refractivity contribution in [2.24, 2.45) is 0 Å². The fourth-order valence-corrected chi connectivity index (χ4v) is 3.62. The molecule has 0 aromatic carbocycles. The van der Waals surface area contributed by atoms with E-state index >= 15 is 0 Å². The minimum Gasteiger partial charge on any atom is -0.351 e. The smallest absolute Gasteiger partial charge is 0.252 e. The van der Waals surface area contributed by atoms with Crippen molar-refractivity contribution in [2.75, 3.05) is 0 Å². The second-order valence-corrected chi connectivity index (χ2v) is 6.64. The highest BCUT2D eigenvalue weighted by Crippen LogP contribution is 2.29. The van der Waals surface area contributed by atoms with Crippen LogP contribution in [0.4, 0.5) is 0 Å². The molecule has 1 aliphatic carbocycles. The Morgan fingerprint density at radius 1 is 1.32 bits per heavy atom. The minimum absolute atomic E-state index is 0.0534. The van der Waals surface area contributed by atoms with Crippen LogP contribution in [0.1, 0.15) is 42.5 Å². The van der Waals surface area contributed by atoms with Crippen LogP contribution in [0, 0.1) is 13.8 Å². The van der Waals surface area contributed by atoms with Crippen LogP contribution in [0.2, 0.25) is 0 Å². The summed E-state index contributed by atoms with van der Waals surface area (Å²) in [6.07, 6.45) is 8.83. The van der Waals surface area contributed by atoms with E-state index in [2.05, 4.69) is 29.9 Å². The molecule has 1 N–H and O–H groups in total. The molecule has 130 valence electrons. The molecule has 0 aliphatic heterocycles. The fourth-order valence-electron chi connectivity index (χ4n) is 3.62. The molecule has 25 heavy (non-hydrogen) atoms. The van der Waals surface area contributed by atoms with Crippen molar-refractivity contribution >= 4 is 11.7 Å². The molecular weight excluding hydrogens is 318 g/mol.